The summed E-state index contributed by atoms with van der Waals surface area (Å²) < 4.78 is 10.2. The predicted octanol–water partition coefficient (Wildman–Crippen LogP) is 1.54. The number of carbonyl (C=O) groups is 2. The number of carbonyl (C=O) groups excluding carboxylic acids is 2. The van der Waals surface area contributed by atoms with Gasteiger partial charge in [-0.1, -0.05) is 0 Å². The molecular formula is C15H15N3O4. The average molecular weight is 301 g/mol. The molecule has 7 nitrogen and oxygen atoms in total. The molecule has 2 rings (SSSR count). The summed E-state index contributed by atoms with van der Waals surface area (Å²) in [5.74, 6) is 0.271. The summed E-state index contributed by atoms with van der Waals surface area (Å²) in [5, 5.41) is 6.30. The van der Waals surface area contributed by atoms with Gasteiger partial charge in [-0.2, -0.15) is 5.10 Å². The van der Waals surface area contributed by atoms with E-state index >= 15 is 0 Å². The van der Waals surface area contributed by atoms with Gasteiger partial charge in [0.2, 0.25) is 5.91 Å². The minimum atomic E-state index is -0.439. The number of hydrazone groups is 1. The molecule has 0 saturated carbocycles. The van der Waals surface area contributed by atoms with Gasteiger partial charge in [-0.3, -0.25) is 9.59 Å². The Labute approximate surface area is 126 Å². The number of amides is 2. The van der Waals surface area contributed by atoms with Gasteiger partial charge in [-0.05, 0) is 37.3 Å². The molecule has 22 heavy (non-hydrogen) atoms. The van der Waals surface area contributed by atoms with E-state index in [1.165, 1.54) is 24.7 Å². The van der Waals surface area contributed by atoms with E-state index in [1.54, 1.807) is 31.2 Å². The summed E-state index contributed by atoms with van der Waals surface area (Å²) in [7, 11) is 0. The highest BCUT2D eigenvalue weighted by atomic mass is 16.3. The third-order valence-electron chi connectivity index (χ3n) is 2.59. The van der Waals surface area contributed by atoms with Gasteiger partial charge in [0.15, 0.2) is 0 Å². The quantitative estimate of drug-likeness (QED) is 0.480. The number of hydrogen-bond acceptors (Lipinski definition) is 5. The first-order chi connectivity index (χ1) is 10.6. The van der Waals surface area contributed by atoms with Crippen LogP contribution in [-0.2, 0) is 9.59 Å². The van der Waals surface area contributed by atoms with Crippen molar-refractivity contribution in [2.75, 3.05) is 6.54 Å². The molecule has 0 aliphatic rings. The van der Waals surface area contributed by atoms with Crippen molar-refractivity contribution in [2.24, 2.45) is 5.10 Å². The van der Waals surface area contributed by atoms with Gasteiger partial charge in [-0.25, -0.2) is 5.43 Å². The Balaban J connectivity index is 1.73. The van der Waals surface area contributed by atoms with E-state index < -0.39 is 11.8 Å². The van der Waals surface area contributed by atoms with E-state index in [0.29, 0.717) is 17.2 Å². The summed E-state index contributed by atoms with van der Waals surface area (Å²) in [6.07, 6.45) is 5.81. The predicted molar refractivity (Wildman–Crippen MR) is 79.8 cm³/mol. The van der Waals surface area contributed by atoms with Crippen LogP contribution < -0.4 is 10.7 Å². The van der Waals surface area contributed by atoms with Crippen LogP contribution in [0.25, 0.3) is 6.08 Å². The summed E-state index contributed by atoms with van der Waals surface area (Å²) in [4.78, 5) is 23.0. The monoisotopic (exact) mass is 301 g/mol. The zero-order valence-corrected chi connectivity index (χ0v) is 11.9. The Morgan fingerprint density at radius 2 is 2.00 bits per heavy atom. The lowest BCUT2D eigenvalue weighted by molar-refractivity contribution is -0.123. The van der Waals surface area contributed by atoms with Crippen LogP contribution in [0, 0.1) is 0 Å². The van der Waals surface area contributed by atoms with Gasteiger partial charge in [-0.15, -0.1) is 0 Å². The summed E-state index contributed by atoms with van der Waals surface area (Å²) in [6, 6.07) is 6.88. The van der Waals surface area contributed by atoms with Crippen molar-refractivity contribution in [1.82, 2.24) is 10.7 Å². The summed E-state index contributed by atoms with van der Waals surface area (Å²) in [6.45, 7) is 1.51. The van der Waals surface area contributed by atoms with Crippen molar-refractivity contribution >= 4 is 23.6 Å². The van der Waals surface area contributed by atoms with Crippen molar-refractivity contribution in [3.05, 3.63) is 54.4 Å². The van der Waals surface area contributed by atoms with E-state index in [0.717, 1.165) is 0 Å². The fourth-order valence-corrected chi connectivity index (χ4v) is 1.50. The SMILES string of the molecule is C/C(=N/NC(=O)CNC(=O)/C=C/c1ccco1)c1ccco1. The Bertz CT molecular complexity index is 670. The molecule has 0 bridgehead atoms. The van der Waals surface area contributed by atoms with Gasteiger partial charge >= 0.3 is 0 Å². The Morgan fingerprint density at radius 3 is 2.68 bits per heavy atom. The van der Waals surface area contributed by atoms with Crippen LogP contribution >= 0.6 is 0 Å². The first-order valence-electron chi connectivity index (χ1n) is 6.51. The van der Waals surface area contributed by atoms with Crippen LogP contribution in [0.2, 0.25) is 0 Å². The van der Waals surface area contributed by atoms with Gasteiger partial charge < -0.3 is 14.2 Å². The van der Waals surface area contributed by atoms with Crippen molar-refractivity contribution in [3.63, 3.8) is 0 Å². The molecule has 0 atom stereocenters. The molecule has 0 spiro atoms. The van der Waals surface area contributed by atoms with Crippen LogP contribution in [0.3, 0.4) is 0 Å². The van der Waals surface area contributed by atoms with Crippen LogP contribution in [0.1, 0.15) is 18.4 Å². The van der Waals surface area contributed by atoms with E-state index in [-0.39, 0.29) is 6.54 Å². The van der Waals surface area contributed by atoms with Crippen molar-refractivity contribution in [3.8, 4) is 0 Å². The van der Waals surface area contributed by atoms with Crippen LogP contribution in [0.15, 0.2) is 56.8 Å². The fourth-order valence-electron chi connectivity index (χ4n) is 1.50. The second kappa shape index (κ2) is 7.63. The molecule has 2 amide bonds. The molecule has 114 valence electrons. The van der Waals surface area contributed by atoms with Crippen molar-refractivity contribution in [2.45, 2.75) is 6.92 Å². The highest BCUT2D eigenvalue weighted by Crippen LogP contribution is 2.02. The van der Waals surface area contributed by atoms with Gasteiger partial charge in [0, 0.05) is 6.08 Å². The largest absolute Gasteiger partial charge is 0.465 e. The highest BCUT2D eigenvalue weighted by Gasteiger charge is 2.04. The molecule has 0 aliphatic carbocycles. The van der Waals surface area contributed by atoms with Crippen LogP contribution in [0.4, 0.5) is 0 Å². The molecule has 2 aromatic rings. The molecule has 0 aliphatic heterocycles. The second-order valence-corrected chi connectivity index (χ2v) is 4.28. The lowest BCUT2D eigenvalue weighted by Gasteiger charge is -2.02. The van der Waals surface area contributed by atoms with E-state index in [1.807, 2.05) is 0 Å². The molecule has 2 heterocycles. The van der Waals surface area contributed by atoms with Crippen LogP contribution in [0.5, 0.6) is 0 Å². The fraction of sp³-hybridized carbons (Fsp3) is 0.133. The Kier molecular flexibility index (Phi) is 5.31. The lowest BCUT2D eigenvalue weighted by atomic mass is 10.3. The highest BCUT2D eigenvalue weighted by molar-refractivity contribution is 5.97. The smallest absolute Gasteiger partial charge is 0.259 e. The number of hydrogen-bond donors (Lipinski definition) is 2. The molecule has 0 aromatic carbocycles. The maximum atomic E-state index is 11.5. The van der Waals surface area contributed by atoms with Gasteiger partial charge in [0.25, 0.3) is 5.91 Å². The molecule has 0 radical (unpaired) electrons. The van der Waals surface area contributed by atoms with E-state index in [4.69, 9.17) is 8.83 Å². The first-order valence-corrected chi connectivity index (χ1v) is 6.51. The topological polar surface area (TPSA) is 96.8 Å². The zero-order chi connectivity index (χ0) is 15.8. The van der Waals surface area contributed by atoms with Gasteiger partial charge in [0.05, 0.1) is 19.1 Å². The molecule has 0 saturated heterocycles. The number of furan rings is 2. The van der Waals surface area contributed by atoms with E-state index in [2.05, 4.69) is 15.8 Å². The molecular weight excluding hydrogens is 286 g/mol. The maximum Gasteiger partial charge on any atom is 0.259 e. The standard InChI is InChI=1S/C15H15N3O4/c1-11(13-5-3-9-22-13)17-18-15(20)10-16-14(19)7-6-12-4-2-8-21-12/h2-9H,10H2,1H3,(H,16,19)(H,18,20)/b7-6+,17-11-. The summed E-state index contributed by atoms with van der Waals surface area (Å²) in [5.41, 5.74) is 2.86. The first kappa shape index (κ1) is 15.3. The average Bonchev–Trinajstić information content (AvgIpc) is 3.21. The number of rotatable bonds is 6. The third kappa shape index (κ3) is 4.78. The molecule has 2 aromatic heterocycles. The minimum Gasteiger partial charge on any atom is -0.465 e. The maximum absolute atomic E-state index is 11.5. The van der Waals surface area contributed by atoms with Crippen LogP contribution in [-0.4, -0.2) is 24.1 Å². The molecule has 7 heteroatoms. The lowest BCUT2D eigenvalue weighted by Crippen LogP contribution is -2.34. The normalized spacial score (nSPS) is 11.6. The third-order valence-corrected chi connectivity index (χ3v) is 2.59. The van der Waals surface area contributed by atoms with Crippen molar-refractivity contribution < 1.29 is 18.4 Å². The number of nitrogens with zero attached hydrogens (tertiary/aromatic N) is 1. The summed E-state index contributed by atoms with van der Waals surface area (Å²) >= 11 is 0. The van der Waals surface area contributed by atoms with Gasteiger partial charge in [0.1, 0.15) is 17.2 Å². The van der Waals surface area contributed by atoms with E-state index in [9.17, 15) is 9.59 Å². The Hall–Kier alpha value is -3.09. The zero-order valence-electron chi connectivity index (χ0n) is 11.9. The molecule has 0 unspecified atom stereocenters. The molecule has 2 N–H and O–H groups in total. The molecule has 0 fully saturated rings. The minimum absolute atomic E-state index is 0.184. The second-order valence-electron chi connectivity index (χ2n) is 4.28. The Morgan fingerprint density at radius 1 is 1.23 bits per heavy atom. The van der Waals surface area contributed by atoms with Crippen molar-refractivity contribution in [1.29, 1.82) is 0 Å². The number of nitrogens with one attached hydrogen (secondary N) is 2.